The molecule has 0 saturated carbocycles. The molecule has 9 heteroatoms. The van der Waals surface area contributed by atoms with Crippen molar-refractivity contribution in [2.24, 2.45) is 5.73 Å². The van der Waals surface area contributed by atoms with Crippen LogP contribution < -0.4 is 5.73 Å². The molecule has 29 heavy (non-hydrogen) atoms. The second-order valence-corrected chi connectivity index (χ2v) is 8.10. The van der Waals surface area contributed by atoms with Crippen LogP contribution in [0.1, 0.15) is 33.2 Å². The van der Waals surface area contributed by atoms with E-state index in [1.54, 1.807) is 12.1 Å². The Hall–Kier alpha value is -3.77. The minimum absolute atomic E-state index is 0.00870. The lowest BCUT2D eigenvalue weighted by atomic mass is 10.0. The zero-order valence-corrected chi connectivity index (χ0v) is 15.9. The molecule has 0 bridgehead atoms. The molecule has 0 aromatic heterocycles. The Labute approximate surface area is 166 Å². The van der Waals surface area contributed by atoms with Gasteiger partial charge in [-0.3, -0.25) is 9.59 Å². The number of nitriles is 1. The van der Waals surface area contributed by atoms with Crippen molar-refractivity contribution >= 4 is 27.4 Å². The molecule has 1 heterocycles. The van der Waals surface area contributed by atoms with E-state index in [1.807, 2.05) is 0 Å². The number of carbonyl (C=O) groups is 3. The lowest BCUT2D eigenvalue weighted by molar-refractivity contribution is -0.118. The van der Waals surface area contributed by atoms with Crippen molar-refractivity contribution in [3.8, 4) is 6.07 Å². The first-order valence-electron chi connectivity index (χ1n) is 8.28. The highest BCUT2D eigenvalue weighted by Gasteiger charge is 2.35. The second kappa shape index (κ2) is 7.33. The highest BCUT2D eigenvalue weighted by molar-refractivity contribution is 7.91. The predicted molar refractivity (Wildman–Crippen MR) is 99.6 cm³/mol. The number of ketones is 2. The van der Waals surface area contributed by atoms with Crippen LogP contribution in [0.2, 0.25) is 0 Å². The lowest BCUT2D eigenvalue weighted by Gasteiger charge is -2.19. The molecule has 0 aliphatic carbocycles. The maximum absolute atomic E-state index is 12.9. The Bertz CT molecular complexity index is 1250. The lowest BCUT2D eigenvalue weighted by Crippen LogP contribution is -2.21. The standard InChI is InChI=1S/C20H14N2O6S/c1-11(22)15(9-21)16(23)10-28-20(25)12-6-7-14-18(8-12)29(26,27)17-5-3-2-4-13(17)19(14)24/h2-8H,10,22H2,1H3. The largest absolute Gasteiger partial charge is 0.454 e. The van der Waals surface area contributed by atoms with Gasteiger partial charge >= 0.3 is 5.97 Å². The summed E-state index contributed by atoms with van der Waals surface area (Å²) in [5.41, 5.74) is 4.95. The monoisotopic (exact) mass is 410 g/mol. The van der Waals surface area contributed by atoms with Crippen molar-refractivity contribution in [2.75, 3.05) is 6.61 Å². The first kappa shape index (κ1) is 20.0. The first-order chi connectivity index (χ1) is 13.7. The molecule has 0 saturated heterocycles. The number of nitrogens with two attached hydrogens (primary N) is 1. The number of Topliss-reactive ketones (excluding diaryl/α,β-unsaturated/α-hetero) is 1. The predicted octanol–water partition coefficient (Wildman–Crippen LogP) is 1.55. The quantitative estimate of drug-likeness (QED) is 0.387. The van der Waals surface area contributed by atoms with Crippen LogP contribution >= 0.6 is 0 Å². The van der Waals surface area contributed by atoms with E-state index in [2.05, 4.69) is 0 Å². The molecule has 0 radical (unpaired) electrons. The molecule has 0 fully saturated rings. The molecule has 8 nitrogen and oxygen atoms in total. The van der Waals surface area contributed by atoms with Crippen molar-refractivity contribution in [3.05, 3.63) is 70.4 Å². The number of fused-ring (bicyclic) bond motifs is 2. The van der Waals surface area contributed by atoms with Gasteiger partial charge in [-0.05, 0) is 37.3 Å². The summed E-state index contributed by atoms with van der Waals surface area (Å²) in [4.78, 5) is 36.3. The number of esters is 1. The van der Waals surface area contributed by atoms with Crippen molar-refractivity contribution < 1.29 is 27.5 Å². The SMILES string of the molecule is CC(N)=C(C#N)C(=O)COC(=O)c1ccc2c(c1)S(=O)(=O)c1ccccc1C2=O. The van der Waals surface area contributed by atoms with E-state index in [4.69, 9.17) is 15.7 Å². The summed E-state index contributed by atoms with van der Waals surface area (Å²) in [6.45, 7) is 0.628. The average molecular weight is 410 g/mol. The summed E-state index contributed by atoms with van der Waals surface area (Å²) in [7, 11) is -4.01. The number of sulfone groups is 1. The Morgan fingerprint density at radius 3 is 2.41 bits per heavy atom. The number of ether oxygens (including phenoxy) is 1. The third kappa shape index (κ3) is 3.41. The molecule has 2 aromatic carbocycles. The molecule has 3 rings (SSSR count). The van der Waals surface area contributed by atoms with Gasteiger partial charge in [0.2, 0.25) is 15.6 Å². The Morgan fingerprint density at radius 2 is 1.76 bits per heavy atom. The van der Waals surface area contributed by atoms with Crippen LogP contribution in [0.4, 0.5) is 0 Å². The third-order valence-electron chi connectivity index (χ3n) is 4.29. The minimum Gasteiger partial charge on any atom is -0.454 e. The number of allylic oxidation sites excluding steroid dienone is 1. The Balaban J connectivity index is 1.92. The van der Waals surface area contributed by atoms with E-state index in [9.17, 15) is 22.8 Å². The minimum atomic E-state index is -4.01. The van der Waals surface area contributed by atoms with Gasteiger partial charge in [0.1, 0.15) is 11.6 Å². The van der Waals surface area contributed by atoms with Gasteiger partial charge in [-0.2, -0.15) is 5.26 Å². The smallest absolute Gasteiger partial charge is 0.338 e. The number of hydrogen-bond acceptors (Lipinski definition) is 8. The molecular weight excluding hydrogens is 396 g/mol. The van der Waals surface area contributed by atoms with Crippen LogP contribution in [-0.2, 0) is 19.4 Å². The maximum Gasteiger partial charge on any atom is 0.338 e. The fraction of sp³-hybridized carbons (Fsp3) is 0.100. The van der Waals surface area contributed by atoms with Crippen molar-refractivity contribution in [1.29, 1.82) is 5.26 Å². The number of carbonyl (C=O) groups excluding carboxylic acids is 3. The summed E-state index contributed by atoms with van der Waals surface area (Å²) < 4.78 is 30.6. The van der Waals surface area contributed by atoms with E-state index in [-0.39, 0.29) is 37.8 Å². The molecule has 1 aliphatic rings. The van der Waals surface area contributed by atoms with Crippen molar-refractivity contribution in [3.63, 3.8) is 0 Å². The summed E-state index contributed by atoms with van der Waals surface area (Å²) in [5, 5.41) is 8.90. The fourth-order valence-electron chi connectivity index (χ4n) is 2.87. The zero-order chi connectivity index (χ0) is 21.3. The van der Waals surface area contributed by atoms with Crippen molar-refractivity contribution in [1.82, 2.24) is 0 Å². The summed E-state index contributed by atoms with van der Waals surface area (Å²) >= 11 is 0. The van der Waals surface area contributed by atoms with Crippen LogP contribution in [0.5, 0.6) is 0 Å². The highest BCUT2D eigenvalue weighted by atomic mass is 32.2. The number of benzene rings is 2. The molecule has 0 unspecified atom stereocenters. The van der Waals surface area contributed by atoms with Crippen LogP contribution in [0.25, 0.3) is 0 Å². The Kier molecular flexibility index (Phi) is 5.05. The number of rotatable bonds is 4. The van der Waals surface area contributed by atoms with E-state index >= 15 is 0 Å². The van der Waals surface area contributed by atoms with Gasteiger partial charge in [0.25, 0.3) is 0 Å². The molecule has 2 aromatic rings. The molecule has 2 N–H and O–H groups in total. The van der Waals surface area contributed by atoms with Gasteiger partial charge < -0.3 is 10.5 Å². The van der Waals surface area contributed by atoms with Crippen LogP contribution in [0.3, 0.4) is 0 Å². The molecular formula is C20H14N2O6S. The van der Waals surface area contributed by atoms with E-state index < -0.39 is 34.0 Å². The van der Waals surface area contributed by atoms with E-state index in [1.165, 1.54) is 37.3 Å². The van der Waals surface area contributed by atoms with Gasteiger partial charge in [0.05, 0.1) is 15.4 Å². The molecule has 146 valence electrons. The van der Waals surface area contributed by atoms with Gasteiger partial charge in [0, 0.05) is 16.8 Å². The molecule has 1 aliphatic heterocycles. The zero-order valence-electron chi connectivity index (χ0n) is 15.1. The molecule has 0 spiro atoms. The van der Waals surface area contributed by atoms with Gasteiger partial charge in [-0.1, -0.05) is 12.1 Å². The average Bonchev–Trinajstić information content (AvgIpc) is 2.70. The van der Waals surface area contributed by atoms with Crippen LogP contribution in [0.15, 0.2) is 63.5 Å². The van der Waals surface area contributed by atoms with Crippen molar-refractivity contribution in [2.45, 2.75) is 16.7 Å². The molecule has 0 amide bonds. The number of hydrogen-bond donors (Lipinski definition) is 1. The van der Waals surface area contributed by atoms with E-state index in [0.717, 1.165) is 6.07 Å². The van der Waals surface area contributed by atoms with Gasteiger partial charge in [0.15, 0.2) is 12.4 Å². The highest BCUT2D eigenvalue weighted by Crippen LogP contribution is 2.34. The van der Waals surface area contributed by atoms with Gasteiger partial charge in [-0.15, -0.1) is 0 Å². The van der Waals surface area contributed by atoms with Crippen LogP contribution in [-0.4, -0.2) is 32.6 Å². The third-order valence-corrected chi connectivity index (χ3v) is 6.14. The van der Waals surface area contributed by atoms with E-state index in [0.29, 0.717) is 0 Å². The second-order valence-electron chi connectivity index (χ2n) is 6.21. The summed E-state index contributed by atoms with van der Waals surface area (Å²) in [6, 6.07) is 10.9. The fourth-order valence-corrected chi connectivity index (χ4v) is 4.55. The summed E-state index contributed by atoms with van der Waals surface area (Å²) in [5.74, 6) is -2.23. The molecule has 0 atom stereocenters. The first-order valence-corrected chi connectivity index (χ1v) is 9.76. The maximum atomic E-state index is 12.9. The topological polar surface area (TPSA) is 144 Å². The normalized spacial score (nSPS) is 14.7. The van der Waals surface area contributed by atoms with Gasteiger partial charge in [-0.25, -0.2) is 13.2 Å². The summed E-state index contributed by atoms with van der Waals surface area (Å²) in [6.07, 6.45) is 0. The number of nitrogens with zero attached hydrogens (tertiary/aromatic N) is 1. The Morgan fingerprint density at radius 1 is 1.10 bits per heavy atom. The van der Waals surface area contributed by atoms with Crippen LogP contribution in [0, 0.1) is 11.3 Å².